The molecule has 0 aromatic carbocycles. The lowest BCUT2D eigenvalue weighted by molar-refractivity contribution is -0.109. The van der Waals surface area contributed by atoms with Crippen LogP contribution < -0.4 is 0 Å². The van der Waals surface area contributed by atoms with Gasteiger partial charge in [-0.2, -0.15) is 23.5 Å². The first-order valence-electron chi connectivity index (χ1n) is 12.3. The van der Waals surface area contributed by atoms with Crippen LogP contribution in [0, 0.1) is 0 Å². The molecule has 0 aromatic heterocycles. The summed E-state index contributed by atoms with van der Waals surface area (Å²) >= 11 is 5.64. The Morgan fingerprint density at radius 1 is 0.613 bits per heavy atom. The summed E-state index contributed by atoms with van der Waals surface area (Å²) in [5, 5.41) is 0.249. The van der Waals surface area contributed by atoms with Crippen molar-refractivity contribution in [3.05, 3.63) is 0 Å². The minimum Gasteiger partial charge on any atom is -0.374 e. The van der Waals surface area contributed by atoms with E-state index >= 15 is 0 Å². The molecule has 0 fully saturated rings. The van der Waals surface area contributed by atoms with Gasteiger partial charge in [-0.3, -0.25) is 4.79 Å². The highest BCUT2D eigenvalue weighted by Crippen LogP contribution is 2.20. The molecule has 0 atom stereocenters. The predicted octanol–water partition coefficient (Wildman–Crippen LogP) is 7.29. The van der Waals surface area contributed by atoms with Crippen LogP contribution in [0.5, 0.6) is 0 Å². The van der Waals surface area contributed by atoms with Gasteiger partial charge >= 0.3 is 8.80 Å². The smallest absolute Gasteiger partial charge is 0.374 e. The lowest BCUT2D eigenvalue weighted by atomic mass is 10.2. The molecule has 0 amide bonds. The van der Waals surface area contributed by atoms with E-state index in [0.717, 1.165) is 18.2 Å². The molecule has 0 heterocycles. The van der Waals surface area contributed by atoms with E-state index < -0.39 is 8.80 Å². The number of rotatable bonds is 24. The fourth-order valence-electron chi connectivity index (χ4n) is 3.23. The number of thioether (sulfide) groups is 3. The monoisotopic (exact) mass is 512 g/mol. The first kappa shape index (κ1) is 31.8. The largest absolute Gasteiger partial charge is 0.500 e. The zero-order valence-electron chi connectivity index (χ0n) is 20.6. The molecule has 0 N–H and O–H groups in total. The average Bonchev–Trinajstić information content (AvgIpc) is 2.73. The fraction of sp³-hybridized carbons (Fsp3) is 0.957. The average molecular weight is 513 g/mol. The summed E-state index contributed by atoms with van der Waals surface area (Å²) in [5.41, 5.74) is 0. The molecule has 0 saturated heterocycles. The van der Waals surface area contributed by atoms with Gasteiger partial charge in [0, 0.05) is 38.5 Å². The summed E-state index contributed by atoms with van der Waals surface area (Å²) in [6.07, 6.45) is 11.6. The van der Waals surface area contributed by atoms with Crippen LogP contribution in [0.15, 0.2) is 0 Å². The minimum absolute atomic E-state index is 0.249. The Hall–Kier alpha value is 0.817. The molecule has 0 aromatic rings. The lowest BCUT2D eigenvalue weighted by Gasteiger charge is -2.28. The molecule has 0 rings (SSSR count). The van der Waals surface area contributed by atoms with Gasteiger partial charge in [0.15, 0.2) is 5.12 Å². The van der Waals surface area contributed by atoms with Crippen LogP contribution in [-0.2, 0) is 18.1 Å². The molecular weight excluding hydrogens is 465 g/mol. The second kappa shape index (κ2) is 24.0. The van der Waals surface area contributed by atoms with Gasteiger partial charge in [-0.05, 0) is 75.9 Å². The third kappa shape index (κ3) is 21.1. The van der Waals surface area contributed by atoms with Crippen LogP contribution in [0.1, 0.15) is 85.5 Å². The van der Waals surface area contributed by atoms with Gasteiger partial charge in [0.1, 0.15) is 0 Å². The van der Waals surface area contributed by atoms with Crippen LogP contribution >= 0.6 is 35.3 Å². The summed E-state index contributed by atoms with van der Waals surface area (Å²) < 4.78 is 17.8. The first-order valence-corrected chi connectivity index (χ1v) is 17.5. The SMILES string of the molecule is CCO[Si](CCCSCCCCCCSCCCCCCSC(C)=O)(OCC)OCC. The molecule has 0 saturated carbocycles. The molecule has 0 unspecified atom stereocenters. The van der Waals surface area contributed by atoms with Crippen molar-refractivity contribution in [1.82, 2.24) is 0 Å². The van der Waals surface area contributed by atoms with Gasteiger partial charge in [0.05, 0.1) is 0 Å². The maximum atomic E-state index is 10.8. The Labute approximate surface area is 206 Å². The molecule has 4 nitrogen and oxygen atoms in total. The molecule has 0 aliphatic carbocycles. The van der Waals surface area contributed by atoms with E-state index in [1.54, 1.807) is 6.92 Å². The zero-order valence-corrected chi connectivity index (χ0v) is 24.0. The van der Waals surface area contributed by atoms with Crippen molar-refractivity contribution in [3.8, 4) is 0 Å². The number of carbonyl (C=O) groups is 1. The summed E-state index contributed by atoms with van der Waals surface area (Å²) in [6, 6.07) is 0.935. The molecule has 31 heavy (non-hydrogen) atoms. The third-order valence-electron chi connectivity index (χ3n) is 4.68. The van der Waals surface area contributed by atoms with Crippen LogP contribution in [0.2, 0.25) is 6.04 Å². The lowest BCUT2D eigenvalue weighted by Crippen LogP contribution is -2.46. The standard InChI is InChI=1S/C23H48O4S3Si/c1-5-25-31(26-6-2,27-7-3)22-16-20-29-19-13-9-8-12-17-28-18-14-10-11-15-21-30-23(4)24/h5-22H2,1-4H3. The Kier molecular flexibility index (Phi) is 24.6. The zero-order chi connectivity index (χ0) is 23.0. The van der Waals surface area contributed by atoms with Crippen molar-refractivity contribution >= 4 is 49.2 Å². The highest BCUT2D eigenvalue weighted by Gasteiger charge is 2.39. The molecule has 0 aliphatic rings. The minimum atomic E-state index is -2.44. The van der Waals surface area contributed by atoms with Gasteiger partial charge < -0.3 is 13.3 Å². The van der Waals surface area contributed by atoms with Crippen molar-refractivity contribution in [2.24, 2.45) is 0 Å². The molecule has 0 spiro atoms. The number of unbranched alkanes of at least 4 members (excludes halogenated alkanes) is 6. The van der Waals surface area contributed by atoms with E-state index in [0.29, 0.717) is 19.8 Å². The molecule has 0 aliphatic heterocycles. The number of carbonyl (C=O) groups excluding carboxylic acids is 1. The third-order valence-corrected chi connectivity index (χ3v) is 11.0. The van der Waals surface area contributed by atoms with Crippen LogP contribution in [-0.4, -0.2) is 62.5 Å². The predicted molar refractivity (Wildman–Crippen MR) is 145 cm³/mol. The van der Waals surface area contributed by atoms with E-state index in [2.05, 4.69) is 23.5 Å². The maximum Gasteiger partial charge on any atom is 0.500 e. The van der Waals surface area contributed by atoms with E-state index in [9.17, 15) is 4.79 Å². The van der Waals surface area contributed by atoms with Gasteiger partial charge in [0.2, 0.25) is 0 Å². The highest BCUT2D eigenvalue weighted by atomic mass is 32.2. The Morgan fingerprint density at radius 3 is 1.39 bits per heavy atom. The van der Waals surface area contributed by atoms with E-state index in [-0.39, 0.29) is 5.12 Å². The van der Waals surface area contributed by atoms with Gasteiger partial charge in [0.25, 0.3) is 0 Å². The fourth-order valence-corrected chi connectivity index (χ4v) is 8.72. The quantitative estimate of drug-likeness (QED) is 0.0993. The van der Waals surface area contributed by atoms with Crippen molar-refractivity contribution < 1.29 is 18.1 Å². The van der Waals surface area contributed by atoms with Gasteiger partial charge in [-0.1, -0.05) is 37.4 Å². The topological polar surface area (TPSA) is 44.8 Å². The van der Waals surface area contributed by atoms with Crippen LogP contribution in [0.3, 0.4) is 0 Å². The van der Waals surface area contributed by atoms with Crippen LogP contribution in [0.4, 0.5) is 0 Å². The summed E-state index contributed by atoms with van der Waals surface area (Å²) in [5.74, 6) is 6.04. The molecular formula is C23H48O4S3Si. The van der Waals surface area contributed by atoms with E-state index in [1.165, 1.54) is 86.1 Å². The summed E-state index contributed by atoms with van der Waals surface area (Å²) in [4.78, 5) is 10.8. The first-order chi connectivity index (χ1) is 15.1. The van der Waals surface area contributed by atoms with Gasteiger partial charge in [-0.15, -0.1) is 0 Å². The van der Waals surface area contributed by atoms with Crippen molar-refractivity contribution in [2.75, 3.05) is 48.6 Å². The highest BCUT2D eigenvalue weighted by molar-refractivity contribution is 8.13. The Bertz CT molecular complexity index is 386. The van der Waals surface area contributed by atoms with Crippen molar-refractivity contribution in [1.29, 1.82) is 0 Å². The summed E-state index contributed by atoms with van der Waals surface area (Å²) in [6.45, 7) is 9.72. The normalized spacial score (nSPS) is 11.9. The molecule has 186 valence electrons. The number of hydrogen-bond donors (Lipinski definition) is 0. The van der Waals surface area contributed by atoms with E-state index in [1.807, 2.05) is 20.8 Å². The van der Waals surface area contributed by atoms with Crippen molar-refractivity contribution in [2.45, 2.75) is 91.5 Å². The second-order valence-electron chi connectivity index (χ2n) is 7.48. The summed E-state index contributed by atoms with van der Waals surface area (Å²) in [7, 11) is -2.44. The molecule has 0 bridgehead atoms. The Balaban J connectivity index is 3.41. The molecule has 8 heteroatoms. The second-order valence-corrected chi connectivity index (χ2v) is 13.9. The van der Waals surface area contributed by atoms with Crippen LogP contribution in [0.25, 0.3) is 0 Å². The Morgan fingerprint density at radius 2 is 1.00 bits per heavy atom. The van der Waals surface area contributed by atoms with Crippen molar-refractivity contribution in [3.63, 3.8) is 0 Å². The molecule has 0 radical (unpaired) electrons. The van der Waals surface area contributed by atoms with Gasteiger partial charge in [-0.25, -0.2) is 0 Å². The maximum absolute atomic E-state index is 10.8. The number of hydrogen-bond acceptors (Lipinski definition) is 7. The van der Waals surface area contributed by atoms with E-state index in [4.69, 9.17) is 13.3 Å².